The van der Waals surface area contributed by atoms with Gasteiger partial charge in [0.2, 0.25) is 0 Å². The Morgan fingerprint density at radius 3 is 1.48 bits per heavy atom. The summed E-state index contributed by atoms with van der Waals surface area (Å²) >= 11 is 7.84. The first-order valence-corrected chi connectivity index (χ1v) is 28.3. The molecule has 360 valence electrons. The quantitative estimate of drug-likeness (QED) is 0.0573. The van der Waals surface area contributed by atoms with Gasteiger partial charge in [0.1, 0.15) is 11.5 Å². The Balaban J connectivity index is 0.000000309. The molecular formula is C53H82O7S4. The Hall–Kier alpha value is -1.34. The van der Waals surface area contributed by atoms with Crippen LogP contribution in [0, 0.1) is 47.3 Å². The van der Waals surface area contributed by atoms with Crippen LogP contribution in [0.5, 0.6) is 11.5 Å². The zero-order valence-corrected chi connectivity index (χ0v) is 41.2. The summed E-state index contributed by atoms with van der Waals surface area (Å²) in [6, 6.07) is 15.5. The highest BCUT2D eigenvalue weighted by atomic mass is 32.2. The van der Waals surface area contributed by atoms with E-state index in [-0.39, 0.29) is 20.8 Å². The fourth-order valence-electron chi connectivity index (χ4n) is 12.3. The van der Waals surface area contributed by atoms with E-state index >= 15 is 0 Å². The molecule has 6 aliphatic carbocycles. The van der Waals surface area contributed by atoms with E-state index in [1.165, 1.54) is 112 Å². The van der Waals surface area contributed by atoms with E-state index in [1.54, 1.807) is 37.9 Å². The minimum absolute atomic E-state index is 0. The molecule has 4 bridgehead atoms. The van der Waals surface area contributed by atoms with Crippen molar-refractivity contribution in [1.29, 1.82) is 0 Å². The molecule has 0 aromatic heterocycles. The lowest BCUT2D eigenvalue weighted by Crippen LogP contribution is -2.30. The van der Waals surface area contributed by atoms with Crippen molar-refractivity contribution in [1.82, 2.24) is 0 Å². The second-order valence-corrected chi connectivity index (χ2v) is 23.9. The molecule has 8 rings (SSSR count). The molecule has 11 heteroatoms. The molecule has 0 heterocycles. The van der Waals surface area contributed by atoms with Crippen LogP contribution in [0.3, 0.4) is 0 Å². The molecule has 0 N–H and O–H groups in total. The second kappa shape index (κ2) is 27.6. The summed E-state index contributed by atoms with van der Waals surface area (Å²) in [6.07, 6.45) is 19.9. The van der Waals surface area contributed by atoms with Crippen molar-refractivity contribution in [2.45, 2.75) is 135 Å². The third-order valence-electron chi connectivity index (χ3n) is 14.8. The van der Waals surface area contributed by atoms with Crippen molar-refractivity contribution in [2.24, 2.45) is 47.3 Å². The highest BCUT2D eigenvalue weighted by Crippen LogP contribution is 2.62. The van der Waals surface area contributed by atoms with Gasteiger partial charge in [0, 0.05) is 50.8 Å². The molecule has 6 aliphatic rings. The predicted molar refractivity (Wildman–Crippen MR) is 275 cm³/mol. The summed E-state index contributed by atoms with van der Waals surface area (Å²) in [5, 5.41) is 1.81. The zero-order valence-electron chi connectivity index (χ0n) is 37.9. The number of hydrogen-bond acceptors (Lipinski definition) is 11. The Morgan fingerprint density at radius 2 is 1.02 bits per heavy atom. The van der Waals surface area contributed by atoms with Gasteiger partial charge in [0.05, 0.1) is 19.3 Å². The first-order chi connectivity index (χ1) is 30.3. The zero-order chi connectivity index (χ0) is 43.3. The smallest absolute Gasteiger partial charge is 0.308 e. The number of carbonyl (C=O) groups excluding carboxylic acids is 2. The van der Waals surface area contributed by atoms with Crippen molar-refractivity contribution >= 4 is 58.1 Å². The number of benzene rings is 2. The first-order valence-electron chi connectivity index (χ1n) is 23.8. The van der Waals surface area contributed by atoms with Crippen LogP contribution in [0.1, 0.15) is 117 Å². The lowest BCUT2D eigenvalue weighted by Gasteiger charge is -2.31. The van der Waals surface area contributed by atoms with Crippen LogP contribution in [0.4, 0.5) is 0 Å². The number of esters is 1. The highest BCUT2D eigenvalue weighted by molar-refractivity contribution is 8.14. The van der Waals surface area contributed by atoms with E-state index in [1.807, 2.05) is 36.4 Å². The monoisotopic (exact) mass is 958 g/mol. The Bertz CT molecular complexity index is 1660. The summed E-state index contributed by atoms with van der Waals surface area (Å²) in [5.74, 6) is 13.2. The van der Waals surface area contributed by atoms with Crippen LogP contribution < -0.4 is 9.47 Å². The normalized spacial score (nSPS) is 30.2. The number of fused-ring (bicyclic) bond motifs is 10. The van der Waals surface area contributed by atoms with Gasteiger partial charge in [0.15, 0.2) is 5.12 Å². The molecule has 0 saturated heterocycles. The fraction of sp³-hybridized carbons (Fsp3) is 0.736. The first kappa shape index (κ1) is 53.6. The van der Waals surface area contributed by atoms with Gasteiger partial charge in [-0.3, -0.25) is 9.59 Å². The van der Waals surface area contributed by atoms with Gasteiger partial charge >= 0.3 is 5.97 Å². The van der Waals surface area contributed by atoms with Gasteiger partial charge in [-0.25, -0.2) is 0 Å². The van der Waals surface area contributed by atoms with Crippen LogP contribution in [0.15, 0.2) is 48.5 Å². The van der Waals surface area contributed by atoms with E-state index in [9.17, 15) is 9.59 Å². The SMILES string of the molecule is C.C.COc1ccc(Cc2ccc(OC(C)=O)cc2)cc1.CSC1CC2C3CC(OCCCSCCCOCCCSCCCOC4CC5CC4C4CC(SC(C)=O)CC54)C(C3)C2C1. The molecule has 0 spiro atoms. The number of thioether (sulfide) groups is 4. The molecule has 6 fully saturated rings. The minimum Gasteiger partial charge on any atom is -0.497 e. The molecular weight excluding hydrogens is 877 g/mol. The maximum absolute atomic E-state index is 11.5. The predicted octanol–water partition coefficient (Wildman–Crippen LogP) is 12.8. The van der Waals surface area contributed by atoms with Gasteiger partial charge in [-0.2, -0.15) is 35.3 Å². The van der Waals surface area contributed by atoms with Crippen LogP contribution >= 0.6 is 47.0 Å². The van der Waals surface area contributed by atoms with Gasteiger partial charge < -0.3 is 23.7 Å². The van der Waals surface area contributed by atoms with E-state index in [0.29, 0.717) is 28.3 Å². The molecule has 12 unspecified atom stereocenters. The van der Waals surface area contributed by atoms with Crippen molar-refractivity contribution in [3.05, 3.63) is 59.7 Å². The Kier molecular flexibility index (Phi) is 23.1. The van der Waals surface area contributed by atoms with E-state index in [2.05, 4.69) is 41.5 Å². The lowest BCUT2D eigenvalue weighted by molar-refractivity contribution is -0.131. The molecule has 12 atom stereocenters. The average molecular weight is 959 g/mol. The maximum Gasteiger partial charge on any atom is 0.308 e. The molecule has 2 aromatic carbocycles. The van der Waals surface area contributed by atoms with Gasteiger partial charge in [0.25, 0.3) is 0 Å². The van der Waals surface area contributed by atoms with Crippen LogP contribution in [-0.2, 0) is 30.2 Å². The number of methoxy groups -OCH3 is 1. The van der Waals surface area contributed by atoms with Crippen LogP contribution in [-0.4, -0.2) is 96.6 Å². The third-order valence-corrected chi connectivity index (χ3v) is 19.2. The fourth-order valence-corrected chi connectivity index (χ4v) is 15.9. The molecule has 7 nitrogen and oxygen atoms in total. The summed E-state index contributed by atoms with van der Waals surface area (Å²) < 4.78 is 28.8. The maximum atomic E-state index is 11.5. The van der Waals surface area contributed by atoms with Crippen molar-refractivity contribution in [3.8, 4) is 11.5 Å². The van der Waals surface area contributed by atoms with E-state index in [4.69, 9.17) is 23.7 Å². The minimum atomic E-state index is -0.303. The standard InChI is InChI=1S/C35H58O4S4.C16H16O3.2CH4/c1-23(36)43-27-21-29-25-16-33(31(29)22-27)35(18-25)39-10-6-14-42-12-4-8-37-7-3-11-41-13-5-9-38-34-17-24-15-32(34)30-20-26(40-2)19-28(24)30;1-12(17)19-16-9-5-14(6-10-16)11-13-3-7-15(18-2)8-4-13;;/h24-35H,3-22H2,1-2H3;3-10H,11H2,1-2H3;2*1H4. The number of rotatable bonds is 24. The molecule has 6 saturated carbocycles. The summed E-state index contributed by atoms with van der Waals surface area (Å²) in [7, 11) is 1.66. The third kappa shape index (κ3) is 15.3. The highest BCUT2D eigenvalue weighted by Gasteiger charge is 2.57. The molecule has 64 heavy (non-hydrogen) atoms. The molecule has 2 aromatic rings. The van der Waals surface area contributed by atoms with Crippen molar-refractivity contribution < 1.29 is 33.3 Å². The second-order valence-electron chi connectivity index (χ2n) is 18.8. The lowest BCUT2D eigenvalue weighted by atomic mass is 9.80. The van der Waals surface area contributed by atoms with Crippen molar-refractivity contribution in [2.75, 3.05) is 62.8 Å². The average Bonchev–Trinajstić information content (AvgIpc) is 4.12. The molecule has 0 aliphatic heterocycles. The number of ether oxygens (including phenoxy) is 5. The van der Waals surface area contributed by atoms with Gasteiger partial charge in [-0.05, 0) is 195 Å². The van der Waals surface area contributed by atoms with Crippen molar-refractivity contribution in [3.63, 3.8) is 0 Å². The van der Waals surface area contributed by atoms with Crippen LogP contribution in [0.2, 0.25) is 0 Å². The summed E-state index contributed by atoms with van der Waals surface area (Å²) in [6.45, 7) is 6.83. The largest absolute Gasteiger partial charge is 0.497 e. The topological polar surface area (TPSA) is 80.3 Å². The Labute approximate surface area is 405 Å². The van der Waals surface area contributed by atoms with Gasteiger partial charge in [-0.1, -0.05) is 50.9 Å². The van der Waals surface area contributed by atoms with E-state index < -0.39 is 0 Å². The number of hydrogen-bond donors (Lipinski definition) is 0. The molecule has 0 radical (unpaired) electrons. The molecule has 0 amide bonds. The summed E-state index contributed by atoms with van der Waals surface area (Å²) in [4.78, 5) is 22.4. The number of carbonyl (C=O) groups is 2. The van der Waals surface area contributed by atoms with Gasteiger partial charge in [-0.15, -0.1) is 0 Å². The Morgan fingerprint density at radius 1 is 0.562 bits per heavy atom. The van der Waals surface area contributed by atoms with E-state index in [0.717, 1.165) is 97.6 Å². The van der Waals surface area contributed by atoms with Crippen LogP contribution in [0.25, 0.3) is 0 Å². The summed E-state index contributed by atoms with van der Waals surface area (Å²) in [5.41, 5.74) is 2.38.